The summed E-state index contributed by atoms with van der Waals surface area (Å²) in [5.74, 6) is -3.53. The minimum absolute atomic E-state index is 0.164. The molecule has 12 heteroatoms. The molecule has 0 saturated carbocycles. The lowest BCUT2D eigenvalue weighted by Crippen LogP contribution is -2.29. The molecule has 1 amide bonds. The van der Waals surface area contributed by atoms with E-state index in [1.54, 1.807) is 18.2 Å². The monoisotopic (exact) mass is 540 g/mol. The Hall–Kier alpha value is -3.51. The lowest BCUT2D eigenvalue weighted by molar-refractivity contribution is -0.192. The summed E-state index contributed by atoms with van der Waals surface area (Å²) < 4.78 is 47.1. The number of pyridine rings is 1. The zero-order valence-electron chi connectivity index (χ0n) is 17.2. The summed E-state index contributed by atoms with van der Waals surface area (Å²) in [5.41, 5.74) is 8.26. The third kappa shape index (κ3) is 5.51. The second-order valence-electron chi connectivity index (χ2n) is 6.93. The molecule has 2 aromatic heterocycles. The van der Waals surface area contributed by atoms with E-state index in [1.165, 1.54) is 6.07 Å². The fourth-order valence-electron chi connectivity index (χ4n) is 3.13. The van der Waals surface area contributed by atoms with Gasteiger partial charge < -0.3 is 21.1 Å². The Bertz CT molecular complexity index is 1370. The highest BCUT2D eigenvalue weighted by atomic mass is 79.9. The Morgan fingerprint density at radius 2 is 1.85 bits per heavy atom. The average Bonchev–Trinajstić information content (AvgIpc) is 3.20. The summed E-state index contributed by atoms with van der Waals surface area (Å²) in [6.45, 7) is 0.666. The van der Waals surface area contributed by atoms with Crippen molar-refractivity contribution in [1.29, 1.82) is 0 Å². The predicted octanol–water partition coefficient (Wildman–Crippen LogP) is 4.61. The van der Waals surface area contributed by atoms with Crippen molar-refractivity contribution in [3.63, 3.8) is 0 Å². The number of hydrogen-bond acceptors (Lipinski definition) is 4. The van der Waals surface area contributed by atoms with E-state index in [0.717, 1.165) is 20.9 Å². The Morgan fingerprint density at radius 1 is 1.15 bits per heavy atom. The Labute approximate surface area is 198 Å². The fourth-order valence-corrected chi connectivity index (χ4v) is 3.49. The smallest absolute Gasteiger partial charge is 0.475 e. The van der Waals surface area contributed by atoms with Crippen molar-refractivity contribution in [2.24, 2.45) is 5.73 Å². The van der Waals surface area contributed by atoms with E-state index in [-0.39, 0.29) is 11.4 Å². The van der Waals surface area contributed by atoms with Gasteiger partial charge in [0.05, 0.1) is 11.3 Å². The topological polar surface area (TPSA) is 121 Å². The van der Waals surface area contributed by atoms with Crippen LogP contribution in [0, 0.1) is 5.82 Å². The number of aromatic nitrogens is 2. The molecule has 178 valence electrons. The molecule has 5 N–H and O–H groups in total. The van der Waals surface area contributed by atoms with E-state index in [2.05, 4.69) is 31.2 Å². The highest BCUT2D eigenvalue weighted by Crippen LogP contribution is 2.32. The maximum absolute atomic E-state index is 14.5. The first-order valence-corrected chi connectivity index (χ1v) is 10.5. The summed E-state index contributed by atoms with van der Waals surface area (Å²) in [4.78, 5) is 29.2. The van der Waals surface area contributed by atoms with E-state index >= 15 is 0 Å². The van der Waals surface area contributed by atoms with Crippen molar-refractivity contribution < 1.29 is 32.3 Å². The van der Waals surface area contributed by atoms with Crippen molar-refractivity contribution in [1.82, 2.24) is 15.3 Å². The molecule has 0 aliphatic rings. The molecule has 34 heavy (non-hydrogen) atoms. The number of aromatic amines is 1. The lowest BCUT2D eigenvalue weighted by atomic mass is 10.0. The zero-order chi connectivity index (χ0) is 25.0. The molecule has 0 fully saturated rings. The average molecular weight is 541 g/mol. The van der Waals surface area contributed by atoms with Gasteiger partial charge in [0.2, 0.25) is 0 Å². The molecule has 0 aliphatic heterocycles. The quantitative estimate of drug-likeness (QED) is 0.282. The van der Waals surface area contributed by atoms with Gasteiger partial charge in [0.1, 0.15) is 11.3 Å². The highest BCUT2D eigenvalue weighted by Gasteiger charge is 2.38. The van der Waals surface area contributed by atoms with Crippen molar-refractivity contribution >= 4 is 49.6 Å². The van der Waals surface area contributed by atoms with Crippen LogP contribution in [0.5, 0.6) is 0 Å². The first kappa shape index (κ1) is 25.1. The zero-order valence-corrected chi connectivity index (χ0v) is 18.8. The number of nitrogens with two attached hydrogens (primary N) is 1. The highest BCUT2D eigenvalue weighted by molar-refractivity contribution is 9.10. The van der Waals surface area contributed by atoms with Crippen LogP contribution in [0.15, 0.2) is 53.1 Å². The summed E-state index contributed by atoms with van der Waals surface area (Å²) in [6.07, 6.45) is -3.27. The molecule has 0 bridgehead atoms. The standard InChI is InChI=1S/C20H16BrFN4O.C2HF3O2/c21-11-4-5-17-13(8-11)15(10-25-17)18-9-14(20(27)24-7-6-23)12-2-1-3-16(22)19(12)26-18;3-2(4,5)1(6)7/h1-5,8-10,25H,6-7,23H2,(H,24,27);(H,6,7). The van der Waals surface area contributed by atoms with E-state index in [0.29, 0.717) is 29.7 Å². The number of amides is 1. The SMILES string of the molecule is NCCNC(=O)c1cc(-c2c[nH]c3ccc(Br)cc23)nc2c(F)cccc12.O=C(O)C(F)(F)F. The Kier molecular flexibility index (Phi) is 7.52. The number of para-hydroxylation sites is 1. The number of halogens is 5. The molecule has 0 spiro atoms. The number of nitrogens with zero attached hydrogens (tertiary/aromatic N) is 1. The molecule has 7 nitrogen and oxygen atoms in total. The van der Waals surface area contributed by atoms with Crippen LogP contribution in [-0.4, -0.2) is 46.2 Å². The molecule has 0 atom stereocenters. The second-order valence-corrected chi connectivity index (χ2v) is 7.85. The summed E-state index contributed by atoms with van der Waals surface area (Å²) >= 11 is 3.47. The summed E-state index contributed by atoms with van der Waals surface area (Å²) in [6, 6.07) is 12.1. The first-order valence-electron chi connectivity index (χ1n) is 9.67. The minimum Gasteiger partial charge on any atom is -0.475 e. The predicted molar refractivity (Wildman–Crippen MR) is 122 cm³/mol. The number of carbonyl (C=O) groups is 2. The molecule has 0 aliphatic carbocycles. The van der Waals surface area contributed by atoms with Crippen molar-refractivity contribution in [3.05, 3.63) is 64.5 Å². The normalized spacial score (nSPS) is 11.2. The van der Waals surface area contributed by atoms with Crippen molar-refractivity contribution in [3.8, 4) is 11.3 Å². The van der Waals surface area contributed by atoms with Crippen LogP contribution in [0.2, 0.25) is 0 Å². The van der Waals surface area contributed by atoms with Gasteiger partial charge in [-0.25, -0.2) is 14.2 Å². The van der Waals surface area contributed by atoms with Crippen LogP contribution < -0.4 is 11.1 Å². The number of benzene rings is 2. The number of rotatable bonds is 4. The molecule has 4 aromatic rings. The third-order valence-corrected chi connectivity index (χ3v) is 5.12. The Balaban J connectivity index is 0.000000406. The number of carboxylic acid groups (broad SMARTS) is 1. The van der Waals surface area contributed by atoms with E-state index < -0.39 is 18.0 Å². The summed E-state index contributed by atoms with van der Waals surface area (Å²) in [5, 5.41) is 11.3. The molecule has 0 saturated heterocycles. The molecular formula is C22H17BrF4N4O3. The van der Waals surface area contributed by atoms with Crippen LogP contribution in [0.3, 0.4) is 0 Å². The molecule has 2 heterocycles. The number of hydrogen-bond donors (Lipinski definition) is 4. The van der Waals surface area contributed by atoms with Crippen LogP contribution in [0.25, 0.3) is 33.1 Å². The number of carboxylic acids is 1. The minimum atomic E-state index is -5.08. The van der Waals surface area contributed by atoms with Crippen LogP contribution in [0.4, 0.5) is 17.6 Å². The van der Waals surface area contributed by atoms with Crippen LogP contribution >= 0.6 is 15.9 Å². The third-order valence-electron chi connectivity index (χ3n) is 4.63. The Morgan fingerprint density at radius 3 is 2.50 bits per heavy atom. The van der Waals surface area contributed by atoms with E-state index in [4.69, 9.17) is 15.6 Å². The van der Waals surface area contributed by atoms with Gasteiger partial charge in [0.15, 0.2) is 0 Å². The molecule has 0 unspecified atom stereocenters. The lowest BCUT2D eigenvalue weighted by Gasteiger charge is -2.10. The van der Waals surface area contributed by atoms with E-state index in [1.807, 2.05) is 24.4 Å². The van der Waals surface area contributed by atoms with Crippen LogP contribution in [-0.2, 0) is 4.79 Å². The molecule has 0 radical (unpaired) electrons. The maximum Gasteiger partial charge on any atom is 0.490 e. The number of carbonyl (C=O) groups excluding carboxylic acids is 1. The van der Waals surface area contributed by atoms with Gasteiger partial charge in [-0.2, -0.15) is 13.2 Å². The molecule has 4 rings (SSSR count). The van der Waals surface area contributed by atoms with Gasteiger partial charge in [-0.05, 0) is 30.3 Å². The van der Waals surface area contributed by atoms with Gasteiger partial charge in [-0.3, -0.25) is 4.79 Å². The number of aliphatic carboxylic acids is 1. The maximum atomic E-state index is 14.5. The summed E-state index contributed by atoms with van der Waals surface area (Å²) in [7, 11) is 0. The second kappa shape index (κ2) is 10.2. The van der Waals surface area contributed by atoms with Gasteiger partial charge in [0, 0.05) is 45.6 Å². The molecular weight excluding hydrogens is 524 g/mol. The number of nitrogens with one attached hydrogen (secondary N) is 2. The van der Waals surface area contributed by atoms with Crippen molar-refractivity contribution in [2.45, 2.75) is 6.18 Å². The number of fused-ring (bicyclic) bond motifs is 2. The molecule has 2 aromatic carbocycles. The van der Waals surface area contributed by atoms with Crippen molar-refractivity contribution in [2.75, 3.05) is 13.1 Å². The number of alkyl halides is 3. The van der Waals surface area contributed by atoms with Gasteiger partial charge in [0.25, 0.3) is 5.91 Å². The van der Waals surface area contributed by atoms with Gasteiger partial charge >= 0.3 is 12.1 Å². The fraction of sp³-hybridized carbons (Fsp3) is 0.136. The number of H-pyrrole nitrogens is 1. The van der Waals surface area contributed by atoms with E-state index in [9.17, 15) is 22.4 Å². The van der Waals surface area contributed by atoms with Crippen LogP contribution in [0.1, 0.15) is 10.4 Å². The largest absolute Gasteiger partial charge is 0.490 e. The first-order chi connectivity index (χ1) is 16.0. The van der Waals surface area contributed by atoms with Gasteiger partial charge in [-0.1, -0.05) is 28.1 Å². The van der Waals surface area contributed by atoms with Gasteiger partial charge in [-0.15, -0.1) is 0 Å².